The zero-order valence-electron chi connectivity index (χ0n) is 15.5. The van der Waals surface area contributed by atoms with Gasteiger partial charge in [0, 0.05) is 38.0 Å². The van der Waals surface area contributed by atoms with Crippen LogP contribution in [0.3, 0.4) is 0 Å². The van der Waals surface area contributed by atoms with Gasteiger partial charge in [-0.1, -0.05) is 24.3 Å². The number of benzene rings is 1. The molecule has 2 aromatic rings. The highest BCUT2D eigenvalue weighted by atomic mass is 127. The van der Waals surface area contributed by atoms with Gasteiger partial charge in [-0.15, -0.1) is 24.0 Å². The second-order valence-electron chi connectivity index (χ2n) is 6.40. The van der Waals surface area contributed by atoms with Crippen LogP contribution >= 0.6 is 24.0 Å². The Balaban J connectivity index is 0.00000261. The Labute approximate surface area is 176 Å². The Hall–Kier alpha value is -1.90. The second kappa shape index (κ2) is 11.1. The second-order valence-corrected chi connectivity index (χ2v) is 6.40. The molecule has 1 aliphatic carbocycles. The Morgan fingerprint density at radius 2 is 1.89 bits per heavy atom. The summed E-state index contributed by atoms with van der Waals surface area (Å²) in [5, 5.41) is 6.31. The molecule has 0 saturated heterocycles. The maximum Gasteiger partial charge on any atom is 0.213 e. The van der Waals surface area contributed by atoms with Gasteiger partial charge in [0.25, 0.3) is 0 Å². The van der Waals surface area contributed by atoms with E-state index in [1.165, 1.54) is 18.9 Å². The van der Waals surface area contributed by atoms with Gasteiger partial charge in [0.05, 0.1) is 0 Å². The lowest BCUT2D eigenvalue weighted by atomic mass is 10.2. The van der Waals surface area contributed by atoms with E-state index in [9.17, 15) is 4.39 Å². The molecule has 1 saturated carbocycles. The van der Waals surface area contributed by atoms with E-state index in [-0.39, 0.29) is 29.8 Å². The van der Waals surface area contributed by atoms with Crippen LogP contribution in [0.5, 0.6) is 5.88 Å². The summed E-state index contributed by atoms with van der Waals surface area (Å²) in [6.07, 6.45) is 6.84. The van der Waals surface area contributed by atoms with E-state index < -0.39 is 0 Å². The molecule has 0 atom stereocenters. The first-order valence-electron chi connectivity index (χ1n) is 9.04. The van der Waals surface area contributed by atoms with Crippen LogP contribution in [-0.2, 0) is 13.1 Å². The van der Waals surface area contributed by atoms with Crippen LogP contribution in [0.25, 0.3) is 0 Å². The van der Waals surface area contributed by atoms with Crippen molar-refractivity contribution in [3.63, 3.8) is 0 Å². The number of rotatable bonds is 6. The third-order valence-corrected chi connectivity index (χ3v) is 4.47. The Morgan fingerprint density at radius 1 is 1.15 bits per heavy atom. The van der Waals surface area contributed by atoms with Crippen molar-refractivity contribution in [1.29, 1.82) is 0 Å². The number of ether oxygens (including phenoxy) is 1. The number of nitrogens with one attached hydrogen (secondary N) is 2. The van der Waals surface area contributed by atoms with E-state index in [0.717, 1.165) is 18.4 Å². The summed E-state index contributed by atoms with van der Waals surface area (Å²) in [7, 11) is 1.69. The zero-order valence-corrected chi connectivity index (χ0v) is 17.8. The molecule has 1 heterocycles. The van der Waals surface area contributed by atoms with Crippen LogP contribution in [0, 0.1) is 5.82 Å². The van der Waals surface area contributed by atoms with Gasteiger partial charge in [0.2, 0.25) is 5.88 Å². The summed E-state index contributed by atoms with van der Waals surface area (Å²) in [5.41, 5.74) is 1.63. The average molecular weight is 484 g/mol. The van der Waals surface area contributed by atoms with E-state index in [0.29, 0.717) is 36.6 Å². The van der Waals surface area contributed by atoms with Gasteiger partial charge < -0.3 is 15.4 Å². The van der Waals surface area contributed by atoms with E-state index in [2.05, 4.69) is 20.6 Å². The zero-order chi connectivity index (χ0) is 18.2. The minimum atomic E-state index is -0.225. The van der Waals surface area contributed by atoms with Crippen LogP contribution in [0.2, 0.25) is 0 Å². The van der Waals surface area contributed by atoms with Crippen molar-refractivity contribution < 1.29 is 9.13 Å². The molecule has 0 amide bonds. The van der Waals surface area contributed by atoms with Gasteiger partial charge in [0.15, 0.2) is 5.96 Å². The topological polar surface area (TPSA) is 58.5 Å². The number of pyridine rings is 1. The summed E-state index contributed by atoms with van der Waals surface area (Å²) in [4.78, 5) is 8.54. The van der Waals surface area contributed by atoms with Gasteiger partial charge in [-0.2, -0.15) is 0 Å². The number of guanidine groups is 1. The summed E-state index contributed by atoms with van der Waals surface area (Å²) < 4.78 is 19.5. The first kappa shape index (κ1) is 21.4. The van der Waals surface area contributed by atoms with Crippen LogP contribution in [0.4, 0.5) is 4.39 Å². The van der Waals surface area contributed by atoms with Crippen molar-refractivity contribution in [2.75, 3.05) is 7.05 Å². The van der Waals surface area contributed by atoms with Crippen LogP contribution in [0.1, 0.15) is 36.8 Å². The van der Waals surface area contributed by atoms with Crippen LogP contribution < -0.4 is 15.4 Å². The first-order valence-corrected chi connectivity index (χ1v) is 9.04. The van der Waals surface area contributed by atoms with Crippen molar-refractivity contribution in [1.82, 2.24) is 15.6 Å². The molecular weight excluding hydrogens is 458 g/mol. The first-order chi connectivity index (χ1) is 12.7. The van der Waals surface area contributed by atoms with Crippen molar-refractivity contribution in [3.8, 4) is 5.88 Å². The predicted molar refractivity (Wildman–Crippen MR) is 116 cm³/mol. The number of nitrogens with zero attached hydrogens (tertiary/aromatic N) is 2. The highest BCUT2D eigenvalue weighted by Crippen LogP contribution is 2.22. The van der Waals surface area contributed by atoms with Gasteiger partial charge in [-0.25, -0.2) is 9.37 Å². The predicted octanol–water partition coefficient (Wildman–Crippen LogP) is 4.03. The third kappa shape index (κ3) is 6.64. The Bertz CT molecular complexity index is 733. The molecule has 146 valence electrons. The maximum absolute atomic E-state index is 13.7. The van der Waals surface area contributed by atoms with E-state index in [1.807, 2.05) is 18.2 Å². The molecule has 1 fully saturated rings. The normalized spacial score (nSPS) is 14.5. The fourth-order valence-electron chi connectivity index (χ4n) is 2.99. The van der Waals surface area contributed by atoms with Gasteiger partial charge in [0.1, 0.15) is 11.9 Å². The lowest BCUT2D eigenvalue weighted by molar-refractivity contribution is 0.201. The molecular formula is C20H26FIN4O. The quantitative estimate of drug-likeness (QED) is 0.370. The Kier molecular flexibility index (Phi) is 8.77. The van der Waals surface area contributed by atoms with Gasteiger partial charge in [-0.3, -0.25) is 4.99 Å². The molecule has 27 heavy (non-hydrogen) atoms. The summed E-state index contributed by atoms with van der Waals surface area (Å²) in [6, 6.07) is 10.6. The smallest absolute Gasteiger partial charge is 0.213 e. The number of hydrogen-bond acceptors (Lipinski definition) is 3. The molecule has 7 heteroatoms. The molecule has 1 aromatic carbocycles. The van der Waals surface area contributed by atoms with Gasteiger partial charge >= 0.3 is 0 Å². The van der Waals surface area contributed by atoms with Crippen LogP contribution in [-0.4, -0.2) is 24.1 Å². The minimum absolute atomic E-state index is 0. The molecule has 0 aliphatic heterocycles. The van der Waals surface area contributed by atoms with Crippen molar-refractivity contribution in [2.45, 2.75) is 44.9 Å². The molecule has 0 bridgehead atoms. The highest BCUT2D eigenvalue weighted by molar-refractivity contribution is 14.0. The molecule has 5 nitrogen and oxygen atoms in total. The molecule has 2 N–H and O–H groups in total. The summed E-state index contributed by atoms with van der Waals surface area (Å²) in [5.74, 6) is 1.07. The summed E-state index contributed by atoms with van der Waals surface area (Å²) >= 11 is 0. The van der Waals surface area contributed by atoms with Crippen molar-refractivity contribution in [2.24, 2.45) is 4.99 Å². The molecule has 0 spiro atoms. The molecule has 0 unspecified atom stereocenters. The monoisotopic (exact) mass is 484 g/mol. The molecule has 0 radical (unpaired) electrons. The lowest BCUT2D eigenvalue weighted by Crippen LogP contribution is -2.36. The fourth-order valence-corrected chi connectivity index (χ4v) is 2.99. The number of aromatic nitrogens is 1. The third-order valence-electron chi connectivity index (χ3n) is 4.47. The average Bonchev–Trinajstić information content (AvgIpc) is 3.17. The molecule has 3 rings (SSSR count). The maximum atomic E-state index is 13.7. The van der Waals surface area contributed by atoms with E-state index >= 15 is 0 Å². The van der Waals surface area contributed by atoms with Crippen LogP contribution in [0.15, 0.2) is 47.6 Å². The molecule has 1 aromatic heterocycles. The fraction of sp³-hybridized carbons (Fsp3) is 0.400. The number of hydrogen-bond donors (Lipinski definition) is 2. The SMILES string of the molecule is CN=C(NCc1ccc(OC2CCCC2)nc1)NCc1ccccc1F.I. The van der Waals surface area contributed by atoms with Crippen molar-refractivity contribution in [3.05, 3.63) is 59.5 Å². The minimum Gasteiger partial charge on any atom is -0.474 e. The largest absolute Gasteiger partial charge is 0.474 e. The number of aliphatic imine (C=N–C) groups is 1. The number of halogens is 2. The standard InChI is InChI=1S/C20H25FN4O.HI/c1-22-20(25-14-16-6-2-5-9-18(16)21)24-13-15-10-11-19(23-12-15)26-17-7-3-4-8-17;/h2,5-6,9-12,17H,3-4,7-8,13-14H2,1H3,(H2,22,24,25);1H. The van der Waals surface area contributed by atoms with Gasteiger partial charge in [-0.05, 0) is 37.3 Å². The van der Waals surface area contributed by atoms with E-state index in [1.54, 1.807) is 25.4 Å². The highest BCUT2D eigenvalue weighted by Gasteiger charge is 2.16. The van der Waals surface area contributed by atoms with E-state index in [4.69, 9.17) is 4.74 Å². The molecule has 1 aliphatic rings. The summed E-state index contributed by atoms with van der Waals surface area (Å²) in [6.45, 7) is 0.951. The lowest BCUT2D eigenvalue weighted by Gasteiger charge is -2.14. The van der Waals surface area contributed by atoms with Crippen molar-refractivity contribution >= 4 is 29.9 Å². The Morgan fingerprint density at radius 3 is 2.56 bits per heavy atom.